The van der Waals surface area contributed by atoms with Crippen molar-refractivity contribution in [3.05, 3.63) is 58.5 Å². The minimum Gasteiger partial charge on any atom is -0.508 e. The summed E-state index contributed by atoms with van der Waals surface area (Å²) in [5, 5.41) is 18.7. The zero-order valence-electron chi connectivity index (χ0n) is 18.3. The monoisotopic (exact) mass is 487 g/mol. The molecular weight excluding hydrogens is 462 g/mol. The molecule has 7 nitrogen and oxygen atoms in total. The summed E-state index contributed by atoms with van der Waals surface area (Å²) in [6.07, 6.45) is 1.69. The number of phenols is 1. The van der Waals surface area contributed by atoms with E-state index in [0.29, 0.717) is 52.3 Å². The smallest absolute Gasteiger partial charge is 0.344 e. The third-order valence-electron chi connectivity index (χ3n) is 4.91. The van der Waals surface area contributed by atoms with Gasteiger partial charge in [-0.05, 0) is 61.2 Å². The van der Waals surface area contributed by atoms with Gasteiger partial charge in [0, 0.05) is 6.54 Å². The SMILES string of the molecule is CCOc1cc(/C=C2/SC(=S)N(CCc3ccc(O)cc3)C2=O)ccc1OC(CC)C(=O)O. The second-order valence-corrected chi connectivity index (χ2v) is 8.92. The number of phenolic OH excluding ortho intramolecular Hbond substituents is 1. The van der Waals surface area contributed by atoms with Crippen LogP contribution in [0, 0.1) is 0 Å². The van der Waals surface area contributed by atoms with Gasteiger partial charge in [-0.3, -0.25) is 9.69 Å². The first kappa shape index (κ1) is 24.6. The molecule has 1 aliphatic rings. The largest absolute Gasteiger partial charge is 0.508 e. The van der Waals surface area contributed by atoms with Crippen molar-refractivity contribution in [1.82, 2.24) is 4.90 Å². The average molecular weight is 488 g/mol. The third-order valence-corrected chi connectivity index (χ3v) is 6.29. The van der Waals surface area contributed by atoms with Gasteiger partial charge in [0.25, 0.3) is 5.91 Å². The predicted octanol–water partition coefficient (Wildman–Crippen LogP) is 4.48. The van der Waals surface area contributed by atoms with Gasteiger partial charge in [-0.25, -0.2) is 4.79 Å². The Morgan fingerprint density at radius 3 is 2.55 bits per heavy atom. The maximum absolute atomic E-state index is 12.9. The van der Waals surface area contributed by atoms with Gasteiger partial charge in [0.05, 0.1) is 11.5 Å². The van der Waals surface area contributed by atoms with Gasteiger partial charge in [-0.15, -0.1) is 0 Å². The van der Waals surface area contributed by atoms with E-state index in [4.69, 9.17) is 21.7 Å². The number of thiocarbonyl (C=S) groups is 1. The normalized spacial score (nSPS) is 15.7. The van der Waals surface area contributed by atoms with Crippen LogP contribution in [0.4, 0.5) is 0 Å². The molecule has 33 heavy (non-hydrogen) atoms. The number of hydrogen-bond donors (Lipinski definition) is 2. The van der Waals surface area contributed by atoms with Gasteiger partial charge in [0.15, 0.2) is 17.6 Å². The Labute approximate surface area is 202 Å². The Morgan fingerprint density at radius 1 is 1.18 bits per heavy atom. The number of benzene rings is 2. The van der Waals surface area contributed by atoms with Crippen LogP contribution in [0.2, 0.25) is 0 Å². The molecule has 2 aromatic carbocycles. The summed E-state index contributed by atoms with van der Waals surface area (Å²) in [7, 11) is 0. The number of thioether (sulfide) groups is 1. The molecule has 0 saturated carbocycles. The molecule has 1 saturated heterocycles. The highest BCUT2D eigenvalue weighted by atomic mass is 32.2. The van der Waals surface area contributed by atoms with Gasteiger partial charge in [0.1, 0.15) is 10.1 Å². The number of hydrogen-bond acceptors (Lipinski definition) is 7. The Kier molecular flexibility index (Phi) is 8.35. The molecule has 2 N–H and O–H groups in total. The number of amides is 1. The summed E-state index contributed by atoms with van der Waals surface area (Å²) in [5.74, 6) is -0.263. The number of carboxylic acids is 1. The van der Waals surface area contributed by atoms with Crippen LogP contribution in [0.3, 0.4) is 0 Å². The molecule has 9 heteroatoms. The zero-order chi connectivity index (χ0) is 24.0. The molecule has 3 rings (SSSR count). The van der Waals surface area contributed by atoms with Crippen molar-refractivity contribution in [2.45, 2.75) is 32.8 Å². The molecule has 1 amide bonds. The summed E-state index contributed by atoms with van der Waals surface area (Å²) >= 11 is 6.64. The van der Waals surface area contributed by atoms with E-state index >= 15 is 0 Å². The van der Waals surface area contributed by atoms with E-state index in [1.54, 1.807) is 48.2 Å². The molecule has 0 spiro atoms. The molecule has 0 bridgehead atoms. The molecule has 1 heterocycles. The van der Waals surface area contributed by atoms with Crippen molar-refractivity contribution < 1.29 is 29.3 Å². The molecular formula is C24H25NO6S2. The number of carbonyl (C=O) groups is 2. The van der Waals surface area contributed by atoms with Crippen molar-refractivity contribution in [3.8, 4) is 17.2 Å². The number of carbonyl (C=O) groups excluding carboxylic acids is 1. The molecule has 1 fully saturated rings. The first-order valence-electron chi connectivity index (χ1n) is 10.5. The van der Waals surface area contributed by atoms with Crippen LogP contribution in [-0.2, 0) is 16.0 Å². The van der Waals surface area contributed by atoms with Crippen molar-refractivity contribution >= 4 is 46.3 Å². The van der Waals surface area contributed by atoms with Crippen LogP contribution in [0.1, 0.15) is 31.4 Å². The fraction of sp³-hybridized carbons (Fsp3) is 0.292. The lowest BCUT2D eigenvalue weighted by Crippen LogP contribution is -2.30. The number of rotatable bonds is 10. The van der Waals surface area contributed by atoms with E-state index in [9.17, 15) is 19.8 Å². The van der Waals surface area contributed by atoms with Crippen LogP contribution < -0.4 is 9.47 Å². The van der Waals surface area contributed by atoms with E-state index in [2.05, 4.69) is 0 Å². The fourth-order valence-corrected chi connectivity index (χ4v) is 4.50. The summed E-state index contributed by atoms with van der Waals surface area (Å²) in [6.45, 7) is 4.38. The molecule has 1 atom stereocenters. The quantitative estimate of drug-likeness (QED) is 0.374. The lowest BCUT2D eigenvalue weighted by molar-refractivity contribution is -0.145. The van der Waals surface area contributed by atoms with E-state index in [1.807, 2.05) is 19.1 Å². The van der Waals surface area contributed by atoms with Gasteiger partial charge < -0.3 is 19.7 Å². The number of aliphatic carboxylic acids is 1. The summed E-state index contributed by atoms with van der Waals surface area (Å²) in [4.78, 5) is 26.3. The van der Waals surface area contributed by atoms with Crippen molar-refractivity contribution in [1.29, 1.82) is 0 Å². The minimum atomic E-state index is -1.04. The highest BCUT2D eigenvalue weighted by Gasteiger charge is 2.31. The van der Waals surface area contributed by atoms with Crippen molar-refractivity contribution in [2.75, 3.05) is 13.2 Å². The topological polar surface area (TPSA) is 96.3 Å². The Morgan fingerprint density at radius 2 is 1.91 bits per heavy atom. The number of aromatic hydroxyl groups is 1. The molecule has 2 aromatic rings. The van der Waals surface area contributed by atoms with Gasteiger partial charge >= 0.3 is 5.97 Å². The second kappa shape index (κ2) is 11.2. The van der Waals surface area contributed by atoms with Gasteiger partial charge in [-0.2, -0.15) is 0 Å². The summed E-state index contributed by atoms with van der Waals surface area (Å²) < 4.78 is 11.7. The van der Waals surface area contributed by atoms with Crippen molar-refractivity contribution in [2.24, 2.45) is 0 Å². The molecule has 1 unspecified atom stereocenters. The maximum Gasteiger partial charge on any atom is 0.344 e. The molecule has 1 aliphatic heterocycles. The third kappa shape index (κ3) is 6.27. The fourth-order valence-electron chi connectivity index (χ4n) is 3.19. The number of nitrogens with zero attached hydrogens (tertiary/aromatic N) is 1. The predicted molar refractivity (Wildman–Crippen MR) is 132 cm³/mol. The van der Waals surface area contributed by atoms with Crippen LogP contribution in [0.5, 0.6) is 17.2 Å². The van der Waals surface area contributed by atoms with Crippen LogP contribution in [-0.4, -0.2) is 50.6 Å². The number of carboxylic acid groups (broad SMARTS) is 1. The van der Waals surface area contributed by atoms with Crippen molar-refractivity contribution in [3.63, 3.8) is 0 Å². The first-order valence-corrected chi connectivity index (χ1v) is 11.7. The second-order valence-electron chi connectivity index (χ2n) is 7.24. The lowest BCUT2D eigenvalue weighted by Gasteiger charge is -2.17. The molecule has 0 aromatic heterocycles. The Bertz CT molecular complexity index is 1070. The van der Waals surface area contributed by atoms with Gasteiger partial charge in [0.2, 0.25) is 0 Å². The molecule has 0 radical (unpaired) electrons. The van der Waals surface area contributed by atoms with E-state index < -0.39 is 12.1 Å². The van der Waals surface area contributed by atoms with E-state index in [1.165, 1.54) is 11.8 Å². The van der Waals surface area contributed by atoms with Crippen LogP contribution in [0.25, 0.3) is 6.08 Å². The van der Waals surface area contributed by atoms with Crippen LogP contribution in [0.15, 0.2) is 47.4 Å². The molecule has 0 aliphatic carbocycles. The number of ether oxygens (including phenoxy) is 2. The minimum absolute atomic E-state index is 0.168. The first-order chi connectivity index (χ1) is 15.8. The molecule has 174 valence electrons. The Balaban J connectivity index is 1.75. The van der Waals surface area contributed by atoms with E-state index in [-0.39, 0.29) is 11.7 Å². The zero-order valence-corrected chi connectivity index (χ0v) is 19.9. The summed E-state index contributed by atoms with van der Waals surface area (Å²) in [6, 6.07) is 12.0. The van der Waals surface area contributed by atoms with Crippen LogP contribution >= 0.6 is 24.0 Å². The highest BCUT2D eigenvalue weighted by molar-refractivity contribution is 8.26. The standard InChI is InChI=1S/C24H25NO6S2/c1-3-18(23(28)29)31-19-10-7-16(13-20(19)30-4-2)14-21-22(27)25(24(32)33-21)12-11-15-5-8-17(26)9-6-15/h5-10,13-14,18,26H,3-4,11-12H2,1-2H3,(H,28,29)/b21-14+. The highest BCUT2D eigenvalue weighted by Crippen LogP contribution is 2.35. The summed E-state index contributed by atoms with van der Waals surface area (Å²) in [5.41, 5.74) is 1.71. The maximum atomic E-state index is 12.9. The lowest BCUT2D eigenvalue weighted by atomic mass is 10.1. The van der Waals surface area contributed by atoms with E-state index in [0.717, 1.165) is 5.56 Å². The van der Waals surface area contributed by atoms with Gasteiger partial charge in [-0.1, -0.05) is 49.1 Å². The average Bonchev–Trinajstić information content (AvgIpc) is 3.05. The Hall–Kier alpha value is -3.04.